The van der Waals surface area contributed by atoms with E-state index in [9.17, 15) is 0 Å². The Bertz CT molecular complexity index is 891. The molecule has 3 rings (SSSR count). The van der Waals surface area contributed by atoms with E-state index in [0.29, 0.717) is 34.7 Å². The predicted molar refractivity (Wildman–Crippen MR) is 111 cm³/mol. The van der Waals surface area contributed by atoms with E-state index >= 15 is 0 Å². The molecule has 0 unspecified atom stereocenters. The first kappa shape index (κ1) is 19.3. The molecule has 0 amide bonds. The summed E-state index contributed by atoms with van der Waals surface area (Å²) in [6, 6.07) is 9.35. The lowest BCUT2D eigenvalue weighted by Crippen LogP contribution is -2.02. The first-order valence-electron chi connectivity index (χ1n) is 7.63. The second-order valence-corrected chi connectivity index (χ2v) is 7.90. The van der Waals surface area contributed by atoms with Crippen LogP contribution in [0.1, 0.15) is 11.1 Å². The van der Waals surface area contributed by atoms with Crippen molar-refractivity contribution >= 4 is 55.6 Å². The Hall–Kier alpha value is -1.47. The highest BCUT2D eigenvalue weighted by atomic mass is 79.9. The molecule has 1 N–H and O–H groups in total. The van der Waals surface area contributed by atoms with Gasteiger partial charge in [-0.3, -0.25) is 0 Å². The van der Waals surface area contributed by atoms with E-state index in [4.69, 9.17) is 32.7 Å². The average molecular weight is 474 g/mol. The number of methoxy groups -OCH3 is 1. The Balaban J connectivity index is 1.72. The molecule has 4 nitrogen and oxygen atoms in total. The van der Waals surface area contributed by atoms with Crippen LogP contribution in [0, 0.1) is 0 Å². The van der Waals surface area contributed by atoms with Crippen LogP contribution in [-0.2, 0) is 13.2 Å². The molecule has 0 fully saturated rings. The normalized spacial score (nSPS) is 10.6. The smallest absolute Gasteiger partial charge is 0.182 e. The maximum absolute atomic E-state index is 6.05. The fourth-order valence-corrected chi connectivity index (χ4v) is 3.74. The number of nitrogens with zero attached hydrogens (tertiary/aromatic N) is 1. The second-order valence-electron chi connectivity index (χ2n) is 5.34. The zero-order valence-corrected chi connectivity index (χ0v) is 17.7. The van der Waals surface area contributed by atoms with E-state index in [1.165, 1.54) is 0 Å². The van der Waals surface area contributed by atoms with Gasteiger partial charge in [-0.25, -0.2) is 4.98 Å². The summed E-state index contributed by atoms with van der Waals surface area (Å²) in [5.74, 6) is 1.28. The fourth-order valence-electron chi connectivity index (χ4n) is 2.29. The molecular weight excluding hydrogens is 459 g/mol. The zero-order chi connectivity index (χ0) is 18.5. The molecule has 1 aromatic heterocycles. The van der Waals surface area contributed by atoms with E-state index in [1.54, 1.807) is 36.8 Å². The van der Waals surface area contributed by atoms with Crippen molar-refractivity contribution in [3.63, 3.8) is 0 Å². The van der Waals surface area contributed by atoms with Crippen LogP contribution >= 0.6 is 50.5 Å². The molecule has 3 aromatic rings. The van der Waals surface area contributed by atoms with E-state index in [0.717, 1.165) is 20.7 Å². The van der Waals surface area contributed by atoms with Crippen LogP contribution in [0.25, 0.3) is 0 Å². The summed E-state index contributed by atoms with van der Waals surface area (Å²) in [6.45, 7) is 0.984. The number of rotatable bonds is 7. The molecule has 8 heteroatoms. The monoisotopic (exact) mass is 472 g/mol. The molecule has 136 valence electrons. The molecule has 0 saturated carbocycles. The first-order chi connectivity index (χ1) is 12.6. The van der Waals surface area contributed by atoms with Crippen LogP contribution in [0.3, 0.4) is 0 Å². The summed E-state index contributed by atoms with van der Waals surface area (Å²) in [5, 5.41) is 7.10. The fraction of sp³-hybridized carbons (Fsp3) is 0.167. The van der Waals surface area contributed by atoms with E-state index < -0.39 is 0 Å². The van der Waals surface area contributed by atoms with Crippen LogP contribution < -0.4 is 14.8 Å². The standard InChI is InChI=1S/C18H15BrCl2N2O2S/c1-24-16-8-12(9-23-18-22-4-5-26-18)6-13(19)17(16)25-10-11-2-3-14(20)15(21)7-11/h2-8H,9-10H2,1H3,(H,22,23). The number of hydrogen-bond acceptors (Lipinski definition) is 5. The molecular formula is C18H15BrCl2N2O2S. The minimum Gasteiger partial charge on any atom is -0.493 e. The molecule has 0 atom stereocenters. The molecule has 0 aliphatic heterocycles. The van der Waals surface area contributed by atoms with Crippen LogP contribution in [-0.4, -0.2) is 12.1 Å². The number of anilines is 1. The van der Waals surface area contributed by atoms with Crippen molar-refractivity contribution in [1.82, 2.24) is 4.98 Å². The number of halogens is 3. The summed E-state index contributed by atoms with van der Waals surface area (Å²) in [4.78, 5) is 4.21. The summed E-state index contributed by atoms with van der Waals surface area (Å²) < 4.78 is 12.2. The summed E-state index contributed by atoms with van der Waals surface area (Å²) in [5.41, 5.74) is 1.97. The summed E-state index contributed by atoms with van der Waals surface area (Å²) >= 11 is 17.1. The van der Waals surface area contributed by atoms with Crippen LogP contribution in [0.5, 0.6) is 11.5 Å². The van der Waals surface area contributed by atoms with E-state index in [2.05, 4.69) is 26.2 Å². The topological polar surface area (TPSA) is 43.4 Å². The third kappa shape index (κ3) is 4.82. The lowest BCUT2D eigenvalue weighted by Gasteiger charge is -2.15. The molecule has 0 radical (unpaired) electrons. The Kier molecular flexibility index (Phi) is 6.64. The molecule has 0 spiro atoms. The number of benzene rings is 2. The average Bonchev–Trinajstić information content (AvgIpc) is 3.15. The van der Waals surface area contributed by atoms with Crippen molar-refractivity contribution in [3.8, 4) is 11.5 Å². The molecule has 0 bridgehead atoms. The van der Waals surface area contributed by atoms with Crippen molar-refractivity contribution in [2.45, 2.75) is 13.2 Å². The van der Waals surface area contributed by atoms with Gasteiger partial charge in [-0.2, -0.15) is 0 Å². The third-order valence-electron chi connectivity index (χ3n) is 3.53. The predicted octanol–water partition coefficient (Wildman–Crippen LogP) is 6.41. The van der Waals surface area contributed by atoms with Gasteiger partial charge >= 0.3 is 0 Å². The largest absolute Gasteiger partial charge is 0.493 e. The van der Waals surface area contributed by atoms with Gasteiger partial charge < -0.3 is 14.8 Å². The van der Waals surface area contributed by atoms with Crippen LogP contribution in [0.2, 0.25) is 10.0 Å². The molecule has 26 heavy (non-hydrogen) atoms. The van der Waals surface area contributed by atoms with Crippen molar-refractivity contribution < 1.29 is 9.47 Å². The quantitative estimate of drug-likeness (QED) is 0.430. The minimum absolute atomic E-state index is 0.350. The van der Waals surface area contributed by atoms with E-state index in [-0.39, 0.29) is 0 Å². The number of hydrogen-bond donors (Lipinski definition) is 1. The molecule has 0 aliphatic rings. The van der Waals surface area contributed by atoms with Gasteiger partial charge in [0.15, 0.2) is 16.6 Å². The molecule has 1 heterocycles. The Morgan fingerprint density at radius 1 is 1.15 bits per heavy atom. The van der Waals surface area contributed by atoms with Crippen molar-refractivity contribution in [1.29, 1.82) is 0 Å². The van der Waals surface area contributed by atoms with E-state index in [1.807, 2.05) is 23.6 Å². The third-order valence-corrected chi connectivity index (χ3v) is 5.59. The van der Waals surface area contributed by atoms with Gasteiger partial charge in [0, 0.05) is 18.1 Å². The molecule has 2 aromatic carbocycles. The lowest BCUT2D eigenvalue weighted by atomic mass is 10.2. The van der Waals surface area contributed by atoms with Gasteiger partial charge in [-0.1, -0.05) is 29.3 Å². The lowest BCUT2D eigenvalue weighted by molar-refractivity contribution is 0.282. The zero-order valence-electron chi connectivity index (χ0n) is 13.8. The maximum atomic E-state index is 6.05. The van der Waals surface area contributed by atoms with Crippen LogP contribution in [0.4, 0.5) is 5.13 Å². The summed E-state index contributed by atoms with van der Waals surface area (Å²) in [6.07, 6.45) is 1.77. The number of ether oxygens (including phenoxy) is 2. The van der Waals surface area contributed by atoms with Gasteiger partial charge in [0.05, 0.1) is 21.6 Å². The first-order valence-corrected chi connectivity index (χ1v) is 10.1. The van der Waals surface area contributed by atoms with Crippen molar-refractivity contribution in [2.24, 2.45) is 0 Å². The van der Waals surface area contributed by atoms with Gasteiger partial charge in [-0.05, 0) is 51.3 Å². The van der Waals surface area contributed by atoms with Gasteiger partial charge in [-0.15, -0.1) is 11.3 Å². The van der Waals surface area contributed by atoms with Crippen molar-refractivity contribution in [2.75, 3.05) is 12.4 Å². The van der Waals surface area contributed by atoms with Gasteiger partial charge in [0.1, 0.15) is 6.61 Å². The Morgan fingerprint density at radius 2 is 2.00 bits per heavy atom. The van der Waals surface area contributed by atoms with Crippen molar-refractivity contribution in [3.05, 3.63) is 67.6 Å². The Morgan fingerprint density at radius 3 is 2.69 bits per heavy atom. The van der Waals surface area contributed by atoms with Gasteiger partial charge in [0.2, 0.25) is 0 Å². The number of thiazole rings is 1. The SMILES string of the molecule is COc1cc(CNc2nccs2)cc(Br)c1OCc1ccc(Cl)c(Cl)c1. The highest BCUT2D eigenvalue weighted by molar-refractivity contribution is 9.10. The molecule has 0 aliphatic carbocycles. The highest BCUT2D eigenvalue weighted by Crippen LogP contribution is 2.37. The number of aromatic nitrogens is 1. The molecule has 0 saturated heterocycles. The minimum atomic E-state index is 0.350. The second kappa shape index (κ2) is 8.95. The maximum Gasteiger partial charge on any atom is 0.182 e. The van der Waals surface area contributed by atoms with Gasteiger partial charge in [0.25, 0.3) is 0 Å². The highest BCUT2D eigenvalue weighted by Gasteiger charge is 2.13. The van der Waals surface area contributed by atoms with Crippen LogP contribution in [0.15, 0.2) is 46.4 Å². The Labute approximate surface area is 174 Å². The number of nitrogens with one attached hydrogen (secondary N) is 1. The summed E-state index contributed by atoms with van der Waals surface area (Å²) in [7, 11) is 1.62.